The molecule has 130 valence electrons. The van der Waals surface area contributed by atoms with Gasteiger partial charge in [-0.2, -0.15) is 0 Å². The van der Waals surface area contributed by atoms with E-state index in [-0.39, 0.29) is 12.3 Å². The SMILES string of the molecule is O=C(Cc1csc(-c2ccco2)n1)Nc1ccc(-n2ccnc2)c(F)c1. The van der Waals surface area contributed by atoms with Crippen LogP contribution in [0, 0.1) is 5.82 Å². The van der Waals surface area contributed by atoms with Crippen molar-refractivity contribution in [3.05, 3.63) is 72.2 Å². The molecule has 6 nitrogen and oxygen atoms in total. The summed E-state index contributed by atoms with van der Waals surface area (Å²) in [5.74, 6) is -0.0514. The normalized spacial score (nSPS) is 10.8. The Morgan fingerprint density at radius 3 is 3.00 bits per heavy atom. The summed E-state index contributed by atoms with van der Waals surface area (Å²) < 4.78 is 21.1. The molecule has 0 fully saturated rings. The lowest BCUT2D eigenvalue weighted by Crippen LogP contribution is -2.15. The Kier molecular flexibility index (Phi) is 4.32. The zero-order valence-electron chi connectivity index (χ0n) is 13.4. The number of benzene rings is 1. The minimum Gasteiger partial charge on any atom is -0.462 e. The number of rotatable bonds is 5. The third kappa shape index (κ3) is 3.40. The molecule has 4 aromatic rings. The first-order chi connectivity index (χ1) is 12.7. The van der Waals surface area contributed by atoms with Gasteiger partial charge in [0.1, 0.15) is 5.82 Å². The lowest BCUT2D eigenvalue weighted by molar-refractivity contribution is -0.115. The number of imidazole rings is 1. The molecule has 0 aliphatic carbocycles. The highest BCUT2D eigenvalue weighted by Crippen LogP contribution is 2.24. The number of thiazole rings is 1. The van der Waals surface area contributed by atoms with E-state index in [1.54, 1.807) is 46.8 Å². The number of hydrogen-bond donors (Lipinski definition) is 1. The number of aromatic nitrogens is 3. The molecule has 0 aliphatic heterocycles. The van der Waals surface area contributed by atoms with Gasteiger partial charge in [-0.15, -0.1) is 11.3 Å². The zero-order valence-corrected chi connectivity index (χ0v) is 14.2. The smallest absolute Gasteiger partial charge is 0.230 e. The Morgan fingerprint density at radius 2 is 2.27 bits per heavy atom. The minimum atomic E-state index is -0.449. The second kappa shape index (κ2) is 6.93. The summed E-state index contributed by atoms with van der Waals surface area (Å²) >= 11 is 1.40. The Balaban J connectivity index is 1.43. The van der Waals surface area contributed by atoms with Crippen LogP contribution in [-0.2, 0) is 11.2 Å². The van der Waals surface area contributed by atoms with E-state index in [9.17, 15) is 9.18 Å². The van der Waals surface area contributed by atoms with Gasteiger partial charge in [0.05, 0.1) is 30.4 Å². The monoisotopic (exact) mass is 368 g/mol. The van der Waals surface area contributed by atoms with Crippen molar-refractivity contribution < 1.29 is 13.6 Å². The van der Waals surface area contributed by atoms with Crippen LogP contribution in [0.5, 0.6) is 0 Å². The fraction of sp³-hybridized carbons (Fsp3) is 0.0556. The van der Waals surface area contributed by atoms with Gasteiger partial charge in [-0.25, -0.2) is 14.4 Å². The number of amides is 1. The lowest BCUT2D eigenvalue weighted by Gasteiger charge is -2.08. The van der Waals surface area contributed by atoms with Gasteiger partial charge in [-0.05, 0) is 30.3 Å². The van der Waals surface area contributed by atoms with Crippen molar-refractivity contribution >= 4 is 22.9 Å². The van der Waals surface area contributed by atoms with Crippen LogP contribution in [0.2, 0.25) is 0 Å². The van der Waals surface area contributed by atoms with Crippen molar-refractivity contribution in [3.8, 4) is 16.5 Å². The molecule has 0 unspecified atom stereocenters. The molecule has 0 aliphatic rings. The van der Waals surface area contributed by atoms with E-state index >= 15 is 0 Å². The van der Waals surface area contributed by atoms with Gasteiger partial charge in [0.2, 0.25) is 5.91 Å². The van der Waals surface area contributed by atoms with E-state index in [0.717, 1.165) is 0 Å². The molecule has 0 bridgehead atoms. The molecular weight excluding hydrogens is 355 g/mol. The van der Waals surface area contributed by atoms with Crippen LogP contribution in [-0.4, -0.2) is 20.4 Å². The Labute approximate surface area is 152 Å². The van der Waals surface area contributed by atoms with Crippen LogP contribution < -0.4 is 5.32 Å². The topological polar surface area (TPSA) is 73.0 Å². The minimum absolute atomic E-state index is 0.0993. The van der Waals surface area contributed by atoms with Crippen molar-refractivity contribution in [1.29, 1.82) is 0 Å². The molecular formula is C18H13FN4O2S. The number of carbonyl (C=O) groups excluding carboxylic acids is 1. The van der Waals surface area contributed by atoms with Gasteiger partial charge in [0.25, 0.3) is 0 Å². The predicted octanol–water partition coefficient (Wildman–Crippen LogP) is 3.91. The Morgan fingerprint density at radius 1 is 1.35 bits per heavy atom. The van der Waals surface area contributed by atoms with E-state index in [1.165, 1.54) is 23.7 Å². The number of hydrogen-bond acceptors (Lipinski definition) is 5. The first kappa shape index (κ1) is 16.2. The molecule has 1 amide bonds. The van der Waals surface area contributed by atoms with E-state index in [1.807, 2.05) is 6.07 Å². The average Bonchev–Trinajstić information content (AvgIpc) is 3.37. The van der Waals surface area contributed by atoms with Gasteiger partial charge in [0, 0.05) is 23.5 Å². The van der Waals surface area contributed by atoms with Crippen LogP contribution >= 0.6 is 11.3 Å². The van der Waals surface area contributed by atoms with Crippen LogP contribution in [0.3, 0.4) is 0 Å². The Bertz CT molecular complexity index is 1030. The van der Waals surface area contributed by atoms with Crippen LogP contribution in [0.4, 0.5) is 10.1 Å². The maximum Gasteiger partial charge on any atom is 0.230 e. The average molecular weight is 368 g/mol. The number of nitrogens with zero attached hydrogens (tertiary/aromatic N) is 3. The highest BCUT2D eigenvalue weighted by atomic mass is 32.1. The van der Waals surface area contributed by atoms with Gasteiger partial charge in [-0.1, -0.05) is 0 Å². The number of carbonyl (C=O) groups is 1. The van der Waals surface area contributed by atoms with Crippen molar-refractivity contribution in [1.82, 2.24) is 14.5 Å². The summed E-state index contributed by atoms with van der Waals surface area (Å²) in [5.41, 5.74) is 1.38. The molecule has 1 aromatic carbocycles. The summed E-state index contributed by atoms with van der Waals surface area (Å²) in [6, 6.07) is 8.11. The van der Waals surface area contributed by atoms with E-state index in [2.05, 4.69) is 15.3 Å². The summed E-state index contributed by atoms with van der Waals surface area (Å²) in [7, 11) is 0. The zero-order chi connectivity index (χ0) is 17.9. The molecule has 0 atom stereocenters. The molecule has 3 heterocycles. The van der Waals surface area contributed by atoms with E-state index in [4.69, 9.17) is 4.42 Å². The summed E-state index contributed by atoms with van der Waals surface area (Å²) in [4.78, 5) is 20.5. The van der Waals surface area contributed by atoms with Gasteiger partial charge < -0.3 is 14.3 Å². The Hall–Kier alpha value is -3.26. The first-order valence-electron chi connectivity index (χ1n) is 7.75. The molecule has 0 spiro atoms. The molecule has 0 saturated carbocycles. The number of halogens is 1. The van der Waals surface area contributed by atoms with E-state index < -0.39 is 5.82 Å². The lowest BCUT2D eigenvalue weighted by atomic mass is 10.2. The first-order valence-corrected chi connectivity index (χ1v) is 8.63. The van der Waals surface area contributed by atoms with Gasteiger partial charge in [0.15, 0.2) is 10.8 Å². The fourth-order valence-corrected chi connectivity index (χ4v) is 3.25. The molecule has 4 rings (SSSR count). The van der Waals surface area contributed by atoms with Crippen molar-refractivity contribution in [3.63, 3.8) is 0 Å². The number of anilines is 1. The molecule has 0 radical (unpaired) electrons. The molecule has 3 aromatic heterocycles. The standard InChI is InChI=1S/C18H13FN4O2S/c19-14-8-12(3-4-15(14)23-6-5-20-11-23)21-17(24)9-13-10-26-18(22-13)16-2-1-7-25-16/h1-8,10-11H,9H2,(H,21,24). The summed E-state index contributed by atoms with van der Waals surface area (Å²) in [6.45, 7) is 0. The second-order valence-electron chi connectivity index (χ2n) is 5.48. The van der Waals surface area contributed by atoms with Crippen molar-refractivity contribution in [2.24, 2.45) is 0 Å². The van der Waals surface area contributed by atoms with E-state index in [0.29, 0.717) is 27.8 Å². The van der Waals surface area contributed by atoms with Crippen LogP contribution in [0.15, 0.2) is 65.1 Å². The maximum atomic E-state index is 14.2. The highest BCUT2D eigenvalue weighted by Gasteiger charge is 2.12. The van der Waals surface area contributed by atoms with Crippen LogP contribution in [0.25, 0.3) is 16.5 Å². The molecule has 8 heteroatoms. The fourth-order valence-electron chi connectivity index (χ4n) is 2.47. The summed E-state index contributed by atoms with van der Waals surface area (Å²) in [6.07, 6.45) is 6.40. The summed E-state index contributed by atoms with van der Waals surface area (Å²) in [5, 5.41) is 5.21. The quantitative estimate of drug-likeness (QED) is 0.580. The third-order valence-electron chi connectivity index (χ3n) is 3.64. The van der Waals surface area contributed by atoms with Gasteiger partial charge in [-0.3, -0.25) is 4.79 Å². The molecule has 0 saturated heterocycles. The van der Waals surface area contributed by atoms with Crippen molar-refractivity contribution in [2.75, 3.05) is 5.32 Å². The highest BCUT2D eigenvalue weighted by molar-refractivity contribution is 7.13. The largest absolute Gasteiger partial charge is 0.462 e. The molecule has 26 heavy (non-hydrogen) atoms. The maximum absolute atomic E-state index is 14.2. The predicted molar refractivity (Wildman–Crippen MR) is 95.7 cm³/mol. The number of furan rings is 1. The van der Waals surface area contributed by atoms with Crippen molar-refractivity contribution in [2.45, 2.75) is 6.42 Å². The van der Waals surface area contributed by atoms with Gasteiger partial charge >= 0.3 is 0 Å². The van der Waals surface area contributed by atoms with Crippen LogP contribution in [0.1, 0.15) is 5.69 Å². The number of nitrogens with one attached hydrogen (secondary N) is 1. The third-order valence-corrected chi connectivity index (χ3v) is 4.55. The second-order valence-corrected chi connectivity index (χ2v) is 6.34. The molecule has 1 N–H and O–H groups in total.